The lowest BCUT2D eigenvalue weighted by Gasteiger charge is -2.25. The van der Waals surface area contributed by atoms with Crippen LogP contribution in [0.15, 0.2) is 52.9 Å². The predicted molar refractivity (Wildman–Crippen MR) is 130 cm³/mol. The topological polar surface area (TPSA) is 76.6 Å². The number of amides is 1. The van der Waals surface area contributed by atoms with E-state index in [0.29, 0.717) is 25.5 Å². The van der Waals surface area contributed by atoms with Gasteiger partial charge in [-0.1, -0.05) is 59.5 Å². The van der Waals surface area contributed by atoms with Crippen molar-refractivity contribution in [2.75, 3.05) is 30.8 Å². The van der Waals surface area contributed by atoms with E-state index >= 15 is 0 Å². The Labute approximate surface area is 201 Å². The minimum atomic E-state index is 0.0766. The van der Waals surface area contributed by atoms with Crippen molar-refractivity contribution < 1.29 is 14.3 Å². The molecule has 0 aliphatic carbocycles. The molecule has 0 spiro atoms. The number of rotatable bonds is 7. The Hall–Kier alpha value is -2.78. The summed E-state index contributed by atoms with van der Waals surface area (Å²) in [6.45, 7) is 2.81. The van der Waals surface area contributed by atoms with Gasteiger partial charge in [0.2, 0.25) is 11.0 Å². The molecular formula is C24H26N4O3S2. The standard InChI is InChI=1S/C24H26N4O3S2/c29-22(16-32-24-27-26-23(33-24)25-15-17-6-2-1-3-7-17)28-11-4-8-19(28)18-9-10-20-21(14-18)31-13-5-12-30-20/h1-3,6-7,9-10,14,19H,4-5,8,11-13,15-16H2,(H,25,26)/t19-/m1/s1. The van der Waals surface area contributed by atoms with E-state index in [-0.39, 0.29) is 11.9 Å². The van der Waals surface area contributed by atoms with E-state index in [1.54, 1.807) is 0 Å². The van der Waals surface area contributed by atoms with Gasteiger partial charge in [-0.05, 0) is 36.1 Å². The first kappa shape index (κ1) is 22.0. The number of ether oxygens (including phenoxy) is 2. The molecule has 0 saturated carbocycles. The maximum absolute atomic E-state index is 13.1. The van der Waals surface area contributed by atoms with Crippen molar-refractivity contribution >= 4 is 34.1 Å². The highest BCUT2D eigenvalue weighted by Gasteiger charge is 2.30. The first-order chi connectivity index (χ1) is 16.3. The first-order valence-corrected chi connectivity index (χ1v) is 13.0. The number of thioether (sulfide) groups is 1. The van der Waals surface area contributed by atoms with Crippen LogP contribution in [0.2, 0.25) is 0 Å². The van der Waals surface area contributed by atoms with Gasteiger partial charge in [0.25, 0.3) is 0 Å². The Morgan fingerprint density at radius 3 is 2.82 bits per heavy atom. The van der Waals surface area contributed by atoms with E-state index in [4.69, 9.17) is 9.47 Å². The Morgan fingerprint density at radius 1 is 1.09 bits per heavy atom. The molecule has 1 fully saturated rings. The number of carbonyl (C=O) groups is 1. The number of hydrogen-bond donors (Lipinski definition) is 1. The summed E-state index contributed by atoms with van der Waals surface area (Å²) in [7, 11) is 0. The maximum Gasteiger partial charge on any atom is 0.233 e. The van der Waals surface area contributed by atoms with Gasteiger partial charge in [-0.25, -0.2) is 0 Å². The van der Waals surface area contributed by atoms with Crippen LogP contribution in [-0.4, -0.2) is 46.5 Å². The Morgan fingerprint density at radius 2 is 1.94 bits per heavy atom. The number of anilines is 1. The summed E-state index contributed by atoms with van der Waals surface area (Å²) in [6, 6.07) is 16.3. The van der Waals surface area contributed by atoms with E-state index in [1.807, 2.05) is 35.2 Å². The number of likely N-dealkylation sites (tertiary alicyclic amines) is 1. The van der Waals surface area contributed by atoms with Crippen LogP contribution in [0.5, 0.6) is 11.5 Å². The van der Waals surface area contributed by atoms with Gasteiger partial charge in [0.1, 0.15) is 0 Å². The summed E-state index contributed by atoms with van der Waals surface area (Å²) in [4.78, 5) is 15.0. The quantitative estimate of drug-likeness (QED) is 0.486. The van der Waals surface area contributed by atoms with Crippen LogP contribution < -0.4 is 14.8 Å². The summed E-state index contributed by atoms with van der Waals surface area (Å²) in [5.74, 6) is 2.05. The normalized spacial score (nSPS) is 17.6. The monoisotopic (exact) mass is 482 g/mol. The highest BCUT2D eigenvalue weighted by atomic mass is 32.2. The summed E-state index contributed by atoms with van der Waals surface area (Å²) in [6.07, 6.45) is 2.84. The second-order valence-corrected chi connectivity index (χ2v) is 10.2. The zero-order valence-electron chi connectivity index (χ0n) is 18.2. The van der Waals surface area contributed by atoms with Crippen molar-refractivity contribution in [1.82, 2.24) is 15.1 Å². The number of hydrogen-bond acceptors (Lipinski definition) is 8. The molecule has 2 aliphatic rings. The van der Waals surface area contributed by atoms with Crippen molar-refractivity contribution in [3.63, 3.8) is 0 Å². The summed E-state index contributed by atoms with van der Waals surface area (Å²) < 4.78 is 12.4. The number of aromatic nitrogens is 2. The molecule has 2 aromatic carbocycles. The van der Waals surface area contributed by atoms with Crippen LogP contribution in [0.1, 0.15) is 36.4 Å². The average Bonchev–Trinajstić information content (AvgIpc) is 3.46. The third-order valence-corrected chi connectivity index (χ3v) is 7.74. The highest BCUT2D eigenvalue weighted by molar-refractivity contribution is 8.01. The fourth-order valence-electron chi connectivity index (χ4n) is 4.12. The van der Waals surface area contributed by atoms with E-state index in [2.05, 4.69) is 33.7 Å². The predicted octanol–water partition coefficient (Wildman–Crippen LogP) is 4.77. The van der Waals surface area contributed by atoms with Crippen LogP contribution in [0.3, 0.4) is 0 Å². The zero-order chi connectivity index (χ0) is 22.5. The average molecular weight is 483 g/mol. The number of nitrogens with zero attached hydrogens (tertiary/aromatic N) is 3. The molecule has 1 aromatic heterocycles. The van der Waals surface area contributed by atoms with Crippen molar-refractivity contribution in [3.8, 4) is 11.5 Å². The number of fused-ring (bicyclic) bond motifs is 1. The second-order valence-electron chi connectivity index (χ2n) is 8.00. The molecule has 5 rings (SSSR count). The van der Waals surface area contributed by atoms with Gasteiger partial charge in [-0.2, -0.15) is 0 Å². The summed E-state index contributed by atoms with van der Waals surface area (Å²) >= 11 is 2.93. The van der Waals surface area contributed by atoms with Crippen LogP contribution in [0.4, 0.5) is 5.13 Å². The zero-order valence-corrected chi connectivity index (χ0v) is 19.9. The lowest BCUT2D eigenvalue weighted by molar-refractivity contribution is -0.129. The van der Waals surface area contributed by atoms with Gasteiger partial charge < -0.3 is 19.7 Å². The summed E-state index contributed by atoms with van der Waals surface area (Å²) in [5.41, 5.74) is 2.30. The van der Waals surface area contributed by atoms with Crippen LogP contribution >= 0.6 is 23.1 Å². The minimum absolute atomic E-state index is 0.0766. The third kappa shape index (κ3) is 5.42. The molecule has 172 valence electrons. The number of nitrogens with one attached hydrogen (secondary N) is 1. The molecule has 0 radical (unpaired) electrons. The fourth-order valence-corrected chi connectivity index (χ4v) is 5.75. The van der Waals surface area contributed by atoms with Crippen molar-refractivity contribution in [1.29, 1.82) is 0 Å². The molecular weight excluding hydrogens is 456 g/mol. The number of benzene rings is 2. The molecule has 9 heteroatoms. The van der Waals surface area contributed by atoms with E-state index in [0.717, 1.165) is 52.3 Å². The van der Waals surface area contributed by atoms with Gasteiger partial charge in [-0.15, -0.1) is 10.2 Å². The number of carbonyl (C=O) groups excluding carboxylic acids is 1. The highest BCUT2D eigenvalue weighted by Crippen LogP contribution is 2.38. The Balaban J connectivity index is 1.17. The molecule has 1 atom stereocenters. The largest absolute Gasteiger partial charge is 0.490 e. The molecule has 1 amide bonds. The smallest absolute Gasteiger partial charge is 0.233 e. The van der Waals surface area contributed by atoms with Gasteiger partial charge in [0.15, 0.2) is 15.8 Å². The van der Waals surface area contributed by atoms with Crippen molar-refractivity contribution in [2.24, 2.45) is 0 Å². The Bertz CT molecular complexity index is 1090. The van der Waals surface area contributed by atoms with Crippen LogP contribution in [0, 0.1) is 0 Å². The molecule has 1 N–H and O–H groups in total. The van der Waals surface area contributed by atoms with E-state index in [1.165, 1.54) is 28.7 Å². The second kappa shape index (κ2) is 10.4. The SMILES string of the molecule is O=C(CSc1nnc(NCc2ccccc2)s1)N1CCC[C@@H]1c1ccc2c(c1)OCCCO2. The molecule has 7 nitrogen and oxygen atoms in total. The third-order valence-electron chi connectivity index (χ3n) is 5.74. The fraction of sp³-hybridized carbons (Fsp3) is 0.375. The van der Waals surface area contributed by atoms with Crippen molar-refractivity contribution in [3.05, 3.63) is 59.7 Å². The molecule has 33 heavy (non-hydrogen) atoms. The van der Waals surface area contributed by atoms with E-state index in [9.17, 15) is 4.79 Å². The van der Waals surface area contributed by atoms with Gasteiger partial charge >= 0.3 is 0 Å². The summed E-state index contributed by atoms with van der Waals surface area (Å²) in [5, 5.41) is 12.5. The molecule has 0 unspecified atom stereocenters. The first-order valence-electron chi connectivity index (χ1n) is 11.2. The molecule has 3 heterocycles. The van der Waals surface area contributed by atoms with Gasteiger partial charge in [0.05, 0.1) is 25.0 Å². The Kier molecular flexibility index (Phi) is 6.97. The van der Waals surface area contributed by atoms with Crippen molar-refractivity contribution in [2.45, 2.75) is 36.2 Å². The van der Waals surface area contributed by atoms with Gasteiger partial charge in [0, 0.05) is 19.5 Å². The van der Waals surface area contributed by atoms with Crippen LogP contribution in [-0.2, 0) is 11.3 Å². The van der Waals surface area contributed by atoms with Gasteiger partial charge in [-0.3, -0.25) is 4.79 Å². The molecule has 1 saturated heterocycles. The molecule has 0 bridgehead atoms. The molecule has 3 aromatic rings. The lowest BCUT2D eigenvalue weighted by atomic mass is 10.0. The minimum Gasteiger partial charge on any atom is -0.490 e. The lowest BCUT2D eigenvalue weighted by Crippen LogP contribution is -2.32. The van der Waals surface area contributed by atoms with Crippen LogP contribution in [0.25, 0.3) is 0 Å². The van der Waals surface area contributed by atoms with E-state index < -0.39 is 0 Å². The molecule has 2 aliphatic heterocycles. The maximum atomic E-state index is 13.1.